The summed E-state index contributed by atoms with van der Waals surface area (Å²) in [5.74, 6) is 6.12. The molecule has 0 unspecified atom stereocenters. The minimum absolute atomic E-state index is 0.173. The van der Waals surface area contributed by atoms with E-state index in [9.17, 15) is 0 Å². The van der Waals surface area contributed by atoms with E-state index in [-0.39, 0.29) is 5.95 Å². The van der Waals surface area contributed by atoms with Crippen molar-refractivity contribution in [3.05, 3.63) is 41.7 Å². The number of nitrogens with zero attached hydrogens (tertiary/aromatic N) is 3. The zero-order valence-electron chi connectivity index (χ0n) is 10.3. The molecule has 0 aliphatic carbocycles. The van der Waals surface area contributed by atoms with Gasteiger partial charge < -0.3 is 11.2 Å². The quantitative estimate of drug-likeness (QED) is 0.379. The highest BCUT2D eigenvalue weighted by Crippen LogP contribution is 2.27. The third kappa shape index (κ3) is 2.22. The number of rotatable bonds is 2. The van der Waals surface area contributed by atoms with Crippen molar-refractivity contribution in [1.29, 1.82) is 0 Å². The highest BCUT2D eigenvalue weighted by molar-refractivity contribution is 6.29. The van der Waals surface area contributed by atoms with E-state index in [4.69, 9.17) is 23.2 Å². The average molecular weight is 287 g/mol. The van der Waals surface area contributed by atoms with Crippen molar-refractivity contribution in [3.63, 3.8) is 0 Å². The van der Waals surface area contributed by atoms with Crippen molar-refractivity contribution < 1.29 is 0 Å². The van der Waals surface area contributed by atoms with E-state index in [1.54, 1.807) is 12.3 Å². The first kappa shape index (κ1) is 12.6. The van der Waals surface area contributed by atoms with Gasteiger partial charge in [0.1, 0.15) is 5.15 Å². The zero-order chi connectivity index (χ0) is 14.1. The molecule has 0 aliphatic heterocycles. The lowest BCUT2D eigenvalue weighted by Gasteiger charge is -2.08. The molecule has 0 spiro atoms. The second-order valence-electron chi connectivity index (χ2n) is 4.18. The van der Waals surface area contributed by atoms with Crippen LogP contribution in [0.25, 0.3) is 22.0 Å². The van der Waals surface area contributed by atoms with Gasteiger partial charge in [-0.2, -0.15) is 4.98 Å². The van der Waals surface area contributed by atoms with Crippen LogP contribution >= 0.6 is 11.6 Å². The maximum absolute atomic E-state index is 5.79. The molecule has 3 aromatic rings. The Morgan fingerprint density at radius 1 is 1.05 bits per heavy atom. The fraction of sp³-hybridized carbons (Fsp3) is 0. The maximum Gasteiger partial charge on any atom is 0.222 e. The monoisotopic (exact) mass is 286 g/mol. The molecule has 20 heavy (non-hydrogen) atoms. The molecule has 0 saturated heterocycles. The van der Waals surface area contributed by atoms with Crippen LogP contribution in [0.4, 0.5) is 11.8 Å². The van der Waals surface area contributed by atoms with Crippen molar-refractivity contribution in [1.82, 2.24) is 15.0 Å². The number of pyridine rings is 1. The Bertz CT molecular complexity index is 772. The Morgan fingerprint density at radius 2 is 1.85 bits per heavy atom. The molecular formula is C13H11ClN6. The lowest BCUT2D eigenvalue weighted by molar-refractivity contribution is 1.19. The third-order valence-electron chi connectivity index (χ3n) is 2.91. The zero-order valence-corrected chi connectivity index (χ0v) is 11.1. The van der Waals surface area contributed by atoms with Gasteiger partial charge in [0.25, 0.3) is 0 Å². The van der Waals surface area contributed by atoms with Crippen LogP contribution < -0.4 is 17.0 Å². The number of nitrogens with one attached hydrogen (secondary N) is 1. The highest BCUT2D eigenvalue weighted by Gasteiger charge is 2.07. The van der Waals surface area contributed by atoms with Crippen LogP contribution in [-0.2, 0) is 0 Å². The van der Waals surface area contributed by atoms with Crippen LogP contribution in [0.5, 0.6) is 0 Å². The Labute approximate surface area is 119 Å². The maximum atomic E-state index is 5.79. The predicted molar refractivity (Wildman–Crippen MR) is 80.0 cm³/mol. The Balaban J connectivity index is 2.19. The summed E-state index contributed by atoms with van der Waals surface area (Å²) in [6, 6.07) is 9.35. The van der Waals surface area contributed by atoms with Crippen LogP contribution in [-0.4, -0.2) is 15.0 Å². The predicted octanol–water partition coefficient (Wildman–Crippen LogP) is 2.21. The molecule has 0 saturated carbocycles. The molecular weight excluding hydrogens is 276 g/mol. The summed E-state index contributed by atoms with van der Waals surface area (Å²) in [7, 11) is 0. The lowest BCUT2D eigenvalue weighted by Crippen LogP contribution is -2.11. The number of anilines is 2. The summed E-state index contributed by atoms with van der Waals surface area (Å²) in [6.07, 6.45) is 1.71. The first-order chi connectivity index (χ1) is 9.67. The van der Waals surface area contributed by atoms with Gasteiger partial charge in [0.2, 0.25) is 5.95 Å². The van der Waals surface area contributed by atoms with Crippen molar-refractivity contribution in [2.45, 2.75) is 0 Å². The highest BCUT2D eigenvalue weighted by atomic mass is 35.5. The summed E-state index contributed by atoms with van der Waals surface area (Å²) in [5.41, 5.74) is 10.8. The Hall–Kier alpha value is -2.44. The molecule has 6 nitrogen and oxygen atoms in total. The van der Waals surface area contributed by atoms with Crippen molar-refractivity contribution in [3.8, 4) is 11.1 Å². The number of hydrogen-bond acceptors (Lipinski definition) is 6. The van der Waals surface area contributed by atoms with Gasteiger partial charge in [-0.3, -0.25) is 0 Å². The summed E-state index contributed by atoms with van der Waals surface area (Å²) in [4.78, 5) is 12.3. The second kappa shape index (κ2) is 4.92. The minimum atomic E-state index is 0.173. The van der Waals surface area contributed by atoms with Gasteiger partial charge >= 0.3 is 0 Å². The lowest BCUT2D eigenvalue weighted by atomic mass is 10.1. The summed E-state index contributed by atoms with van der Waals surface area (Å²) < 4.78 is 0. The van der Waals surface area contributed by atoms with E-state index in [0.29, 0.717) is 11.0 Å². The first-order valence-corrected chi connectivity index (χ1v) is 6.21. The van der Waals surface area contributed by atoms with E-state index < -0.39 is 0 Å². The Kier molecular flexibility index (Phi) is 3.09. The summed E-state index contributed by atoms with van der Waals surface area (Å²) >= 11 is 5.79. The van der Waals surface area contributed by atoms with Gasteiger partial charge in [-0.05, 0) is 29.8 Å². The fourth-order valence-corrected chi connectivity index (χ4v) is 2.09. The number of fused-ring (bicyclic) bond motifs is 1. The van der Waals surface area contributed by atoms with Gasteiger partial charge in [-0.1, -0.05) is 17.7 Å². The molecule has 7 heteroatoms. The smallest absolute Gasteiger partial charge is 0.222 e. The standard InChI is InChI=1S/C13H11ClN6/c14-11-4-2-8(6-17-11)7-1-3-10-9(5-7)12(20-16)19-13(15)18-10/h1-6H,16H2,(H3,15,18,19,20). The van der Waals surface area contributed by atoms with Crippen LogP contribution in [0.2, 0.25) is 5.15 Å². The second-order valence-corrected chi connectivity index (χ2v) is 4.56. The van der Waals surface area contributed by atoms with Gasteiger partial charge in [-0.25, -0.2) is 15.8 Å². The molecule has 1 aromatic carbocycles. The van der Waals surface area contributed by atoms with Crippen molar-refractivity contribution in [2.24, 2.45) is 5.84 Å². The largest absolute Gasteiger partial charge is 0.368 e. The molecule has 3 rings (SSSR count). The van der Waals surface area contributed by atoms with Crippen LogP contribution in [0.1, 0.15) is 0 Å². The summed E-state index contributed by atoms with van der Waals surface area (Å²) in [6.45, 7) is 0. The molecule has 0 bridgehead atoms. The molecule has 5 N–H and O–H groups in total. The van der Waals surface area contributed by atoms with E-state index in [1.165, 1.54) is 0 Å². The molecule has 0 amide bonds. The van der Waals surface area contributed by atoms with Gasteiger partial charge in [0.05, 0.1) is 5.52 Å². The van der Waals surface area contributed by atoms with E-state index in [1.807, 2.05) is 24.3 Å². The third-order valence-corrected chi connectivity index (χ3v) is 3.13. The van der Waals surface area contributed by atoms with Gasteiger partial charge in [0, 0.05) is 17.1 Å². The molecule has 0 radical (unpaired) electrons. The molecule has 100 valence electrons. The Morgan fingerprint density at radius 3 is 2.55 bits per heavy atom. The van der Waals surface area contributed by atoms with Crippen molar-refractivity contribution >= 4 is 34.3 Å². The number of hydrogen-bond donors (Lipinski definition) is 3. The molecule has 2 aromatic heterocycles. The van der Waals surface area contributed by atoms with Crippen LogP contribution in [0.15, 0.2) is 36.5 Å². The number of halogens is 1. The summed E-state index contributed by atoms with van der Waals surface area (Å²) in [5, 5.41) is 1.24. The average Bonchev–Trinajstić information content (AvgIpc) is 2.46. The van der Waals surface area contributed by atoms with E-state index >= 15 is 0 Å². The fourth-order valence-electron chi connectivity index (χ4n) is 1.98. The number of benzene rings is 1. The minimum Gasteiger partial charge on any atom is -0.368 e. The normalized spacial score (nSPS) is 10.7. The van der Waals surface area contributed by atoms with Crippen LogP contribution in [0, 0.1) is 0 Å². The molecule has 2 heterocycles. The molecule has 0 fully saturated rings. The topological polar surface area (TPSA) is 103 Å². The van der Waals surface area contributed by atoms with Crippen molar-refractivity contribution in [2.75, 3.05) is 11.2 Å². The SMILES string of the molecule is NNc1nc(N)nc2ccc(-c3ccc(Cl)nc3)cc12. The number of hydrazine groups is 1. The first-order valence-electron chi connectivity index (χ1n) is 5.83. The number of aromatic nitrogens is 3. The van der Waals surface area contributed by atoms with Gasteiger partial charge in [-0.15, -0.1) is 0 Å². The molecule has 0 atom stereocenters. The van der Waals surface area contributed by atoms with E-state index in [2.05, 4.69) is 20.4 Å². The van der Waals surface area contributed by atoms with Crippen LogP contribution in [0.3, 0.4) is 0 Å². The van der Waals surface area contributed by atoms with E-state index in [0.717, 1.165) is 22.0 Å². The number of nitrogens with two attached hydrogens (primary N) is 2. The molecule has 0 aliphatic rings. The number of nitrogen functional groups attached to an aromatic ring is 2. The van der Waals surface area contributed by atoms with Gasteiger partial charge in [0.15, 0.2) is 5.82 Å².